The molecule has 1 saturated carbocycles. The highest BCUT2D eigenvalue weighted by Gasteiger charge is 2.40. The van der Waals surface area contributed by atoms with E-state index in [2.05, 4.69) is 40.6 Å². The Morgan fingerprint density at radius 1 is 0.952 bits per heavy atom. The van der Waals surface area contributed by atoms with Crippen molar-refractivity contribution < 1.29 is 14.3 Å². The van der Waals surface area contributed by atoms with E-state index in [-0.39, 0.29) is 18.4 Å². The van der Waals surface area contributed by atoms with Gasteiger partial charge in [0, 0.05) is 40.8 Å². The predicted octanol–water partition coefficient (Wildman–Crippen LogP) is 7.63. The molecular formula is C34H35Cl2N3O3. The number of hydrogen-bond acceptors (Lipinski definition) is 5. The van der Waals surface area contributed by atoms with Crippen LogP contribution in [0.1, 0.15) is 56.6 Å². The second-order valence-corrected chi connectivity index (χ2v) is 12.3. The summed E-state index contributed by atoms with van der Waals surface area (Å²) in [5.41, 5.74) is 3.54. The van der Waals surface area contributed by atoms with E-state index < -0.39 is 5.60 Å². The molecule has 0 bridgehead atoms. The molecule has 42 heavy (non-hydrogen) atoms. The third-order valence-electron chi connectivity index (χ3n) is 8.76. The average Bonchev–Trinajstić information content (AvgIpc) is 3.00. The fraction of sp³-hybridized carbons (Fsp3) is 0.382. The van der Waals surface area contributed by atoms with E-state index in [1.807, 2.05) is 18.2 Å². The Labute approximate surface area is 257 Å². The first-order valence-corrected chi connectivity index (χ1v) is 15.3. The molecule has 8 heteroatoms. The molecule has 0 radical (unpaired) electrons. The number of anilines is 1. The summed E-state index contributed by atoms with van der Waals surface area (Å²) >= 11 is 12.2. The second-order valence-electron chi connectivity index (χ2n) is 11.4. The van der Waals surface area contributed by atoms with Gasteiger partial charge in [-0.1, -0.05) is 59.6 Å². The van der Waals surface area contributed by atoms with E-state index in [9.17, 15) is 14.9 Å². The minimum Gasteiger partial charge on any atom is -0.360 e. The molecule has 1 heterocycles. The van der Waals surface area contributed by atoms with E-state index in [1.165, 1.54) is 0 Å². The number of carbonyl (C=O) groups is 2. The minimum absolute atomic E-state index is 0.111. The van der Waals surface area contributed by atoms with Crippen LogP contribution in [0.4, 0.5) is 5.69 Å². The van der Waals surface area contributed by atoms with Crippen molar-refractivity contribution in [1.29, 1.82) is 5.26 Å². The van der Waals surface area contributed by atoms with Crippen LogP contribution in [0.5, 0.6) is 0 Å². The highest BCUT2D eigenvalue weighted by molar-refractivity contribution is 6.35. The molecule has 0 aromatic heterocycles. The Morgan fingerprint density at radius 3 is 2.24 bits per heavy atom. The van der Waals surface area contributed by atoms with Crippen LogP contribution in [0.2, 0.25) is 10.0 Å². The lowest BCUT2D eigenvalue weighted by Gasteiger charge is -2.46. The molecule has 1 N–H and O–H groups in total. The number of ketones is 1. The predicted molar refractivity (Wildman–Crippen MR) is 167 cm³/mol. The number of hydrogen-bond donors (Lipinski definition) is 1. The fourth-order valence-electron chi connectivity index (χ4n) is 6.38. The SMILES string of the molecule is CC(=O)C1CCC(N2CCC(OCC(=O)Nc3cc(Cl)cc(Cl)c3)(c3ccc(-c4cccc(C#N)c4)cc3)CC2)CC1. The van der Waals surface area contributed by atoms with Crippen LogP contribution in [0.25, 0.3) is 11.1 Å². The summed E-state index contributed by atoms with van der Waals surface area (Å²) < 4.78 is 6.53. The van der Waals surface area contributed by atoms with Crippen LogP contribution in [-0.2, 0) is 19.9 Å². The normalized spacial score (nSPS) is 20.4. The summed E-state index contributed by atoms with van der Waals surface area (Å²) in [6.45, 7) is 3.31. The maximum absolute atomic E-state index is 13.0. The number of nitriles is 1. The quantitative estimate of drug-likeness (QED) is 0.286. The topological polar surface area (TPSA) is 82.4 Å². The molecule has 1 saturated heterocycles. The van der Waals surface area contributed by atoms with Crippen molar-refractivity contribution in [2.45, 2.75) is 57.1 Å². The van der Waals surface area contributed by atoms with E-state index in [1.54, 1.807) is 31.2 Å². The van der Waals surface area contributed by atoms with Gasteiger partial charge in [-0.05, 0) is 92.5 Å². The summed E-state index contributed by atoms with van der Waals surface area (Å²) in [5, 5.41) is 13.0. The average molecular weight is 605 g/mol. The van der Waals surface area contributed by atoms with Crippen molar-refractivity contribution in [3.63, 3.8) is 0 Å². The third kappa shape index (κ3) is 7.22. The lowest BCUT2D eigenvalue weighted by atomic mass is 9.80. The number of piperidine rings is 1. The molecule has 3 aromatic carbocycles. The van der Waals surface area contributed by atoms with Crippen molar-refractivity contribution in [2.75, 3.05) is 25.0 Å². The van der Waals surface area contributed by atoms with Crippen molar-refractivity contribution in [2.24, 2.45) is 5.92 Å². The van der Waals surface area contributed by atoms with Crippen LogP contribution in [0, 0.1) is 17.2 Å². The standard InChI is InChI=1S/C34H35Cl2N3O3/c1-23(40)25-7-11-32(12-8-25)39-15-13-34(14-16-39,42-22-33(41)38-31-19-29(35)18-30(36)20-31)28-9-5-26(6-10-28)27-4-2-3-24(17-27)21-37/h2-6,9-10,17-20,25,32H,7-8,11-16,22H2,1H3,(H,38,41). The number of carbonyl (C=O) groups excluding carboxylic acids is 2. The molecule has 1 amide bonds. The van der Waals surface area contributed by atoms with Crippen molar-refractivity contribution in [1.82, 2.24) is 4.90 Å². The van der Waals surface area contributed by atoms with Gasteiger partial charge in [0.05, 0.1) is 17.2 Å². The Kier molecular flexibility index (Phi) is 9.65. The van der Waals surface area contributed by atoms with Gasteiger partial charge >= 0.3 is 0 Å². The summed E-state index contributed by atoms with van der Waals surface area (Å²) in [5.74, 6) is 0.233. The lowest BCUT2D eigenvalue weighted by Crippen LogP contribution is -2.49. The first-order valence-electron chi connectivity index (χ1n) is 14.5. The Morgan fingerprint density at radius 2 is 1.62 bits per heavy atom. The molecule has 1 aliphatic carbocycles. The van der Waals surface area contributed by atoms with Gasteiger partial charge in [0.1, 0.15) is 12.4 Å². The molecule has 6 nitrogen and oxygen atoms in total. The number of rotatable bonds is 8. The first kappa shape index (κ1) is 30.3. The largest absolute Gasteiger partial charge is 0.360 e. The second kappa shape index (κ2) is 13.4. The molecule has 0 atom stereocenters. The smallest absolute Gasteiger partial charge is 0.250 e. The van der Waals surface area contributed by atoms with Gasteiger partial charge in [-0.25, -0.2) is 0 Å². The van der Waals surface area contributed by atoms with Crippen LogP contribution >= 0.6 is 23.2 Å². The van der Waals surface area contributed by atoms with Gasteiger partial charge in [0.25, 0.3) is 0 Å². The number of likely N-dealkylation sites (tertiary alicyclic amines) is 1. The van der Waals surface area contributed by atoms with Crippen LogP contribution in [0.15, 0.2) is 66.7 Å². The molecule has 2 aliphatic rings. The number of nitrogens with one attached hydrogen (secondary N) is 1. The van der Waals surface area contributed by atoms with Gasteiger partial charge in [0.2, 0.25) is 5.91 Å². The van der Waals surface area contributed by atoms with E-state index >= 15 is 0 Å². The minimum atomic E-state index is -0.622. The molecule has 0 unspecified atom stereocenters. The molecule has 2 fully saturated rings. The highest BCUT2D eigenvalue weighted by Crippen LogP contribution is 2.40. The van der Waals surface area contributed by atoms with E-state index in [0.717, 1.165) is 68.3 Å². The Hall–Kier alpha value is -3.21. The van der Waals surface area contributed by atoms with Crippen LogP contribution in [-0.4, -0.2) is 42.3 Å². The fourth-order valence-corrected chi connectivity index (χ4v) is 6.90. The first-order chi connectivity index (χ1) is 20.2. The molecule has 5 rings (SSSR count). The number of halogens is 2. The number of amides is 1. The summed E-state index contributed by atoms with van der Waals surface area (Å²) in [7, 11) is 0. The van der Waals surface area contributed by atoms with Crippen molar-refractivity contribution in [3.05, 3.63) is 87.9 Å². The Bertz CT molecular complexity index is 1450. The van der Waals surface area contributed by atoms with E-state index in [0.29, 0.717) is 33.1 Å². The lowest BCUT2D eigenvalue weighted by molar-refractivity contribution is -0.136. The van der Waals surface area contributed by atoms with Gasteiger partial charge in [0.15, 0.2) is 0 Å². The van der Waals surface area contributed by atoms with Gasteiger partial charge in [-0.2, -0.15) is 5.26 Å². The van der Waals surface area contributed by atoms with Crippen LogP contribution < -0.4 is 5.32 Å². The zero-order valence-corrected chi connectivity index (χ0v) is 25.3. The van der Waals surface area contributed by atoms with E-state index in [4.69, 9.17) is 27.9 Å². The maximum Gasteiger partial charge on any atom is 0.250 e. The number of Topliss-reactive ketones (excluding diaryl/α,β-unsaturated/α-hetero) is 1. The molecule has 218 valence electrons. The number of benzene rings is 3. The molecule has 1 aliphatic heterocycles. The number of ether oxygens (including phenoxy) is 1. The summed E-state index contributed by atoms with van der Waals surface area (Å²) in [4.78, 5) is 27.4. The maximum atomic E-state index is 13.0. The zero-order chi connectivity index (χ0) is 29.7. The third-order valence-corrected chi connectivity index (χ3v) is 9.19. The van der Waals surface area contributed by atoms with Crippen LogP contribution in [0.3, 0.4) is 0 Å². The molecule has 0 spiro atoms. The zero-order valence-electron chi connectivity index (χ0n) is 23.7. The highest BCUT2D eigenvalue weighted by atomic mass is 35.5. The monoisotopic (exact) mass is 603 g/mol. The van der Waals surface area contributed by atoms with Crippen molar-refractivity contribution in [3.8, 4) is 17.2 Å². The Balaban J connectivity index is 1.32. The summed E-state index contributed by atoms with van der Waals surface area (Å²) in [6, 6.07) is 23.4. The number of nitrogens with zero attached hydrogens (tertiary/aromatic N) is 2. The van der Waals surface area contributed by atoms with Crippen molar-refractivity contribution >= 4 is 40.6 Å². The molecular weight excluding hydrogens is 569 g/mol. The summed E-state index contributed by atoms with van der Waals surface area (Å²) in [6.07, 6.45) is 5.50. The van der Waals surface area contributed by atoms with Gasteiger partial charge in [-0.3, -0.25) is 9.59 Å². The van der Waals surface area contributed by atoms with Gasteiger partial charge < -0.3 is 15.0 Å². The van der Waals surface area contributed by atoms with Gasteiger partial charge in [-0.15, -0.1) is 0 Å². The molecule has 3 aromatic rings.